The topological polar surface area (TPSA) is 43.4 Å². The van der Waals surface area contributed by atoms with Crippen LogP contribution in [0.2, 0.25) is 0 Å². The number of hydrogen-bond donors (Lipinski definition) is 0. The molecule has 0 aromatic heterocycles. The molecular weight excluding hydrogens is 144 g/mol. The zero-order chi connectivity index (χ0) is 7.84. The molecule has 3 nitrogen and oxygen atoms in total. The third-order valence-electron chi connectivity index (χ3n) is 1.54. The zero-order valence-electron chi connectivity index (χ0n) is 5.53. The lowest BCUT2D eigenvalue weighted by atomic mass is 10.1. The summed E-state index contributed by atoms with van der Waals surface area (Å²) < 4.78 is 4.34. The Labute approximate surface area is 62.6 Å². The lowest BCUT2D eigenvalue weighted by Crippen LogP contribution is -2.18. The Balaban J connectivity index is 2.53. The molecule has 0 spiro atoms. The largest absolute Gasteiger partial charge is 0.386 e. The van der Waals surface area contributed by atoms with Crippen LogP contribution in [0.1, 0.15) is 0 Å². The van der Waals surface area contributed by atoms with E-state index < -0.39 is 11.9 Å². The second kappa shape index (κ2) is 1.92. The lowest BCUT2D eigenvalue weighted by Gasteiger charge is -2.08. The van der Waals surface area contributed by atoms with Gasteiger partial charge in [0.1, 0.15) is 0 Å². The normalized spacial score (nSPS) is 20.7. The molecule has 0 radical (unpaired) electrons. The van der Waals surface area contributed by atoms with Gasteiger partial charge in [0, 0.05) is 6.08 Å². The van der Waals surface area contributed by atoms with Crippen molar-refractivity contribution in [1.82, 2.24) is 0 Å². The van der Waals surface area contributed by atoms with E-state index in [0.29, 0.717) is 11.1 Å². The number of allylic oxidation sites excluding steroid dienone is 3. The van der Waals surface area contributed by atoms with Crippen molar-refractivity contribution >= 4 is 11.9 Å². The van der Waals surface area contributed by atoms with E-state index in [2.05, 4.69) is 4.74 Å². The average molecular weight is 148 g/mol. The Kier molecular flexibility index (Phi) is 1.06. The summed E-state index contributed by atoms with van der Waals surface area (Å²) in [6.07, 6.45) is 6.34. The van der Waals surface area contributed by atoms with Crippen LogP contribution in [0.4, 0.5) is 0 Å². The van der Waals surface area contributed by atoms with Crippen LogP contribution in [0.15, 0.2) is 35.5 Å². The molecule has 0 saturated heterocycles. The summed E-state index contributed by atoms with van der Waals surface area (Å²) in [5, 5.41) is 0. The van der Waals surface area contributed by atoms with E-state index in [1.165, 1.54) is 6.08 Å². The summed E-state index contributed by atoms with van der Waals surface area (Å²) in [6.45, 7) is 0. The Morgan fingerprint density at radius 3 is 2.91 bits per heavy atom. The SMILES string of the molecule is O=C1C=C2C=CC=C2C(=O)O1. The molecule has 2 rings (SSSR count). The average Bonchev–Trinajstić information content (AvgIpc) is 2.34. The third kappa shape index (κ3) is 0.816. The van der Waals surface area contributed by atoms with Gasteiger partial charge in [-0.05, 0) is 11.6 Å². The maximum atomic E-state index is 10.9. The maximum absolute atomic E-state index is 10.9. The van der Waals surface area contributed by atoms with Gasteiger partial charge in [0.15, 0.2) is 0 Å². The van der Waals surface area contributed by atoms with Crippen molar-refractivity contribution in [1.29, 1.82) is 0 Å². The molecule has 0 atom stereocenters. The summed E-state index contributed by atoms with van der Waals surface area (Å²) >= 11 is 0. The zero-order valence-corrected chi connectivity index (χ0v) is 5.53. The molecule has 3 heteroatoms. The highest BCUT2D eigenvalue weighted by Crippen LogP contribution is 2.22. The molecule has 0 amide bonds. The molecule has 0 bridgehead atoms. The van der Waals surface area contributed by atoms with Crippen LogP contribution in [0.5, 0.6) is 0 Å². The Bertz CT molecular complexity index is 331. The van der Waals surface area contributed by atoms with Gasteiger partial charge in [-0.2, -0.15) is 0 Å². The van der Waals surface area contributed by atoms with Crippen LogP contribution in [0.3, 0.4) is 0 Å². The highest BCUT2D eigenvalue weighted by Gasteiger charge is 2.24. The molecule has 0 N–H and O–H groups in total. The number of ether oxygens (including phenoxy) is 1. The highest BCUT2D eigenvalue weighted by molar-refractivity contribution is 6.08. The minimum absolute atomic E-state index is 0.463. The van der Waals surface area contributed by atoms with E-state index >= 15 is 0 Å². The van der Waals surface area contributed by atoms with Crippen molar-refractivity contribution in [3.05, 3.63) is 35.5 Å². The fraction of sp³-hybridized carbons (Fsp3) is 0. The minimum Gasteiger partial charge on any atom is -0.386 e. The van der Waals surface area contributed by atoms with Crippen LogP contribution in [0, 0.1) is 0 Å². The number of rotatable bonds is 0. The molecule has 0 aromatic rings. The van der Waals surface area contributed by atoms with Gasteiger partial charge in [-0.3, -0.25) is 0 Å². The fourth-order valence-corrected chi connectivity index (χ4v) is 1.05. The van der Waals surface area contributed by atoms with Crippen LogP contribution in [-0.2, 0) is 14.3 Å². The Morgan fingerprint density at radius 1 is 1.27 bits per heavy atom. The van der Waals surface area contributed by atoms with Crippen LogP contribution in [0.25, 0.3) is 0 Å². The molecule has 1 aliphatic heterocycles. The summed E-state index contributed by atoms with van der Waals surface area (Å²) in [7, 11) is 0. The second-order valence-corrected chi connectivity index (χ2v) is 2.25. The smallest absolute Gasteiger partial charge is 0.346 e. The number of carbonyl (C=O) groups excluding carboxylic acids is 2. The van der Waals surface area contributed by atoms with Gasteiger partial charge in [0.05, 0.1) is 5.57 Å². The molecule has 0 saturated carbocycles. The number of cyclic esters (lactones) is 2. The van der Waals surface area contributed by atoms with Crippen LogP contribution < -0.4 is 0 Å². The Hall–Kier alpha value is -1.64. The van der Waals surface area contributed by atoms with E-state index in [9.17, 15) is 9.59 Å². The molecule has 0 unspecified atom stereocenters. The second-order valence-electron chi connectivity index (χ2n) is 2.25. The Morgan fingerprint density at radius 2 is 2.09 bits per heavy atom. The van der Waals surface area contributed by atoms with E-state index in [1.807, 2.05) is 0 Å². The molecule has 0 aromatic carbocycles. The molecular formula is C8H4O3. The summed E-state index contributed by atoms with van der Waals surface area (Å²) in [4.78, 5) is 21.5. The minimum atomic E-state index is -0.589. The van der Waals surface area contributed by atoms with Crippen LogP contribution in [-0.4, -0.2) is 11.9 Å². The standard InChI is InChI=1S/C8H4O3/c9-7-4-5-2-1-3-6(5)8(10)11-7/h1-4H. The van der Waals surface area contributed by atoms with Gasteiger partial charge in [0.2, 0.25) is 0 Å². The van der Waals surface area contributed by atoms with E-state index in [1.54, 1.807) is 18.2 Å². The predicted octanol–water partition coefficient (Wildman–Crippen LogP) is 0.492. The number of carbonyl (C=O) groups is 2. The van der Waals surface area contributed by atoms with Gasteiger partial charge in [-0.15, -0.1) is 0 Å². The predicted molar refractivity (Wildman–Crippen MR) is 36.4 cm³/mol. The first-order valence-corrected chi connectivity index (χ1v) is 3.14. The summed E-state index contributed by atoms with van der Waals surface area (Å²) in [5.41, 5.74) is 1.11. The van der Waals surface area contributed by atoms with Gasteiger partial charge < -0.3 is 4.74 Å². The molecule has 11 heavy (non-hydrogen) atoms. The fourth-order valence-electron chi connectivity index (χ4n) is 1.05. The first-order valence-electron chi connectivity index (χ1n) is 3.14. The van der Waals surface area contributed by atoms with Gasteiger partial charge in [-0.25, -0.2) is 9.59 Å². The van der Waals surface area contributed by atoms with E-state index in [0.717, 1.165) is 0 Å². The van der Waals surface area contributed by atoms with E-state index in [-0.39, 0.29) is 0 Å². The third-order valence-corrected chi connectivity index (χ3v) is 1.54. The quantitative estimate of drug-likeness (QED) is 0.371. The van der Waals surface area contributed by atoms with Crippen molar-refractivity contribution in [2.75, 3.05) is 0 Å². The van der Waals surface area contributed by atoms with Gasteiger partial charge in [0.25, 0.3) is 0 Å². The first kappa shape index (κ1) is 6.09. The molecule has 54 valence electrons. The maximum Gasteiger partial charge on any atom is 0.346 e. The molecule has 0 fully saturated rings. The van der Waals surface area contributed by atoms with Crippen molar-refractivity contribution in [2.45, 2.75) is 0 Å². The lowest BCUT2D eigenvalue weighted by molar-refractivity contribution is -0.153. The summed E-state index contributed by atoms with van der Waals surface area (Å²) in [6, 6.07) is 0. The van der Waals surface area contributed by atoms with Gasteiger partial charge in [-0.1, -0.05) is 12.2 Å². The first-order chi connectivity index (χ1) is 5.27. The van der Waals surface area contributed by atoms with Crippen molar-refractivity contribution in [2.24, 2.45) is 0 Å². The highest BCUT2D eigenvalue weighted by atomic mass is 16.6. The molecule has 2 aliphatic rings. The monoisotopic (exact) mass is 148 g/mol. The number of hydrogen-bond acceptors (Lipinski definition) is 3. The molecule has 1 heterocycles. The van der Waals surface area contributed by atoms with Crippen molar-refractivity contribution in [3.8, 4) is 0 Å². The summed E-state index contributed by atoms with van der Waals surface area (Å²) in [5.74, 6) is -1.15. The van der Waals surface area contributed by atoms with Gasteiger partial charge >= 0.3 is 11.9 Å². The number of fused-ring (bicyclic) bond motifs is 1. The van der Waals surface area contributed by atoms with E-state index in [4.69, 9.17) is 0 Å². The van der Waals surface area contributed by atoms with Crippen molar-refractivity contribution < 1.29 is 14.3 Å². The molecule has 1 aliphatic carbocycles. The van der Waals surface area contributed by atoms with Crippen molar-refractivity contribution in [3.63, 3.8) is 0 Å². The number of esters is 2. The van der Waals surface area contributed by atoms with Crippen LogP contribution >= 0.6 is 0 Å².